The predicted molar refractivity (Wildman–Crippen MR) is 88.4 cm³/mol. The van der Waals surface area contributed by atoms with Crippen molar-refractivity contribution in [1.29, 1.82) is 0 Å². The molecule has 0 spiro atoms. The van der Waals surface area contributed by atoms with Gasteiger partial charge in [-0.3, -0.25) is 4.79 Å². The zero-order chi connectivity index (χ0) is 19.7. The van der Waals surface area contributed by atoms with Crippen molar-refractivity contribution in [3.8, 4) is 0 Å². The second-order valence-electron chi connectivity index (χ2n) is 5.83. The van der Waals surface area contributed by atoms with Gasteiger partial charge in [0.1, 0.15) is 12.1 Å². The van der Waals surface area contributed by atoms with Gasteiger partial charge in [0.25, 0.3) is 15.9 Å². The van der Waals surface area contributed by atoms with E-state index in [2.05, 4.69) is 5.32 Å². The summed E-state index contributed by atoms with van der Waals surface area (Å²) in [6.07, 6.45) is 0.915. The standard InChI is InChI=1S/C16H17FN2O6S/c1-16(15(21)22,11-4-6-12(17)7-5-11)18-14(20)10-8-13(25-9-10)26(23,24)19(2)3/h4-9H,1-3H3,(H,18,20)(H,21,22). The van der Waals surface area contributed by atoms with Gasteiger partial charge >= 0.3 is 5.97 Å². The molecule has 0 aliphatic carbocycles. The maximum Gasteiger partial charge on any atom is 0.333 e. The van der Waals surface area contributed by atoms with Gasteiger partial charge < -0.3 is 14.8 Å². The lowest BCUT2D eigenvalue weighted by atomic mass is 9.91. The van der Waals surface area contributed by atoms with Crippen molar-refractivity contribution in [2.45, 2.75) is 17.6 Å². The highest BCUT2D eigenvalue weighted by Crippen LogP contribution is 2.23. The number of carboxylic acids is 1. The second kappa shape index (κ2) is 6.89. The molecule has 140 valence electrons. The Morgan fingerprint density at radius 2 is 1.81 bits per heavy atom. The minimum absolute atomic E-state index is 0.143. The molecule has 0 aliphatic heterocycles. The average Bonchev–Trinajstić information content (AvgIpc) is 3.05. The molecule has 1 unspecified atom stereocenters. The molecule has 0 bridgehead atoms. The van der Waals surface area contributed by atoms with Crippen LogP contribution < -0.4 is 5.32 Å². The van der Waals surface area contributed by atoms with Crippen molar-refractivity contribution < 1.29 is 31.9 Å². The summed E-state index contributed by atoms with van der Waals surface area (Å²) >= 11 is 0. The Hall–Kier alpha value is -2.72. The molecule has 1 heterocycles. The number of hydrogen-bond acceptors (Lipinski definition) is 5. The van der Waals surface area contributed by atoms with Crippen LogP contribution in [0.15, 0.2) is 46.1 Å². The van der Waals surface area contributed by atoms with Gasteiger partial charge in [0.05, 0.1) is 5.56 Å². The molecule has 10 heteroatoms. The number of furan rings is 1. The van der Waals surface area contributed by atoms with Gasteiger partial charge in [0.2, 0.25) is 5.09 Å². The molecule has 1 atom stereocenters. The van der Waals surface area contributed by atoms with Crippen LogP contribution in [0.2, 0.25) is 0 Å². The van der Waals surface area contributed by atoms with Crippen LogP contribution in [0.1, 0.15) is 22.8 Å². The van der Waals surface area contributed by atoms with E-state index in [0.29, 0.717) is 0 Å². The number of rotatable bonds is 6. The second-order valence-corrected chi connectivity index (χ2v) is 7.92. The van der Waals surface area contributed by atoms with Crippen molar-refractivity contribution in [3.05, 3.63) is 53.5 Å². The number of nitrogens with one attached hydrogen (secondary N) is 1. The van der Waals surface area contributed by atoms with Crippen LogP contribution >= 0.6 is 0 Å². The van der Waals surface area contributed by atoms with E-state index in [0.717, 1.165) is 28.8 Å². The Bertz CT molecular complexity index is 936. The van der Waals surface area contributed by atoms with Gasteiger partial charge in [-0.2, -0.15) is 0 Å². The lowest BCUT2D eigenvalue weighted by molar-refractivity contribution is -0.144. The van der Waals surface area contributed by atoms with E-state index in [1.807, 2.05) is 0 Å². The molecule has 2 N–H and O–H groups in total. The number of aliphatic carboxylic acids is 1. The third-order valence-corrected chi connectivity index (χ3v) is 5.47. The smallest absolute Gasteiger partial charge is 0.333 e. The van der Waals surface area contributed by atoms with E-state index in [-0.39, 0.29) is 11.1 Å². The molecule has 0 radical (unpaired) electrons. The van der Waals surface area contributed by atoms with Gasteiger partial charge in [-0.1, -0.05) is 12.1 Å². The number of carbonyl (C=O) groups excluding carboxylic acids is 1. The van der Waals surface area contributed by atoms with Gasteiger partial charge in [0.15, 0.2) is 5.54 Å². The summed E-state index contributed by atoms with van der Waals surface area (Å²) in [6.45, 7) is 1.23. The van der Waals surface area contributed by atoms with E-state index in [1.165, 1.54) is 33.2 Å². The molecular weight excluding hydrogens is 367 g/mol. The van der Waals surface area contributed by atoms with Crippen molar-refractivity contribution in [2.24, 2.45) is 0 Å². The first-order valence-corrected chi connectivity index (χ1v) is 8.75. The normalized spacial score (nSPS) is 14.0. The van der Waals surface area contributed by atoms with Crippen LogP contribution in [0.5, 0.6) is 0 Å². The van der Waals surface area contributed by atoms with Crippen LogP contribution in [-0.2, 0) is 20.4 Å². The van der Waals surface area contributed by atoms with Crippen LogP contribution in [0.3, 0.4) is 0 Å². The fraction of sp³-hybridized carbons (Fsp3) is 0.250. The van der Waals surface area contributed by atoms with Crippen molar-refractivity contribution in [2.75, 3.05) is 14.1 Å². The van der Waals surface area contributed by atoms with Crippen molar-refractivity contribution >= 4 is 21.9 Å². The zero-order valence-electron chi connectivity index (χ0n) is 14.2. The monoisotopic (exact) mass is 384 g/mol. The Labute approximate surface area is 149 Å². The maximum atomic E-state index is 13.1. The summed E-state index contributed by atoms with van der Waals surface area (Å²) in [5.74, 6) is -2.79. The maximum absolute atomic E-state index is 13.1. The van der Waals surface area contributed by atoms with E-state index < -0.39 is 38.3 Å². The average molecular weight is 384 g/mol. The highest BCUT2D eigenvalue weighted by molar-refractivity contribution is 7.88. The van der Waals surface area contributed by atoms with Gasteiger partial charge in [0, 0.05) is 20.2 Å². The molecule has 0 aliphatic rings. The molecule has 26 heavy (non-hydrogen) atoms. The molecule has 8 nitrogen and oxygen atoms in total. The Kier molecular flexibility index (Phi) is 5.19. The number of nitrogens with zero attached hydrogens (tertiary/aromatic N) is 1. The third kappa shape index (κ3) is 3.60. The molecule has 0 saturated carbocycles. The van der Waals surface area contributed by atoms with Crippen molar-refractivity contribution in [3.63, 3.8) is 0 Å². The molecule has 2 rings (SSSR count). The van der Waals surface area contributed by atoms with Crippen LogP contribution in [0, 0.1) is 5.82 Å². The van der Waals surface area contributed by atoms with Crippen LogP contribution in [-0.4, -0.2) is 43.8 Å². The number of benzene rings is 1. The van der Waals surface area contributed by atoms with Crippen LogP contribution in [0.4, 0.5) is 4.39 Å². The highest BCUT2D eigenvalue weighted by atomic mass is 32.2. The SMILES string of the molecule is CN(C)S(=O)(=O)c1cc(C(=O)NC(C)(C(=O)O)c2ccc(F)cc2)co1. The molecule has 0 saturated heterocycles. The van der Waals surface area contributed by atoms with E-state index in [9.17, 15) is 27.5 Å². The summed E-state index contributed by atoms with van der Waals surface area (Å²) in [7, 11) is -1.28. The highest BCUT2D eigenvalue weighted by Gasteiger charge is 2.37. The van der Waals surface area contributed by atoms with Crippen LogP contribution in [0.25, 0.3) is 0 Å². The first-order chi connectivity index (χ1) is 12.0. The number of halogens is 1. The Balaban J connectivity index is 2.33. The molecular formula is C16H17FN2O6S. The number of hydrogen-bond donors (Lipinski definition) is 2. The van der Waals surface area contributed by atoms with Gasteiger partial charge in [-0.15, -0.1) is 0 Å². The number of carboxylic acid groups (broad SMARTS) is 1. The fourth-order valence-electron chi connectivity index (χ4n) is 2.08. The Morgan fingerprint density at radius 1 is 1.23 bits per heavy atom. The largest absolute Gasteiger partial charge is 0.479 e. The number of sulfonamides is 1. The first-order valence-electron chi connectivity index (χ1n) is 7.31. The minimum atomic E-state index is -3.88. The quantitative estimate of drug-likeness (QED) is 0.777. The minimum Gasteiger partial charge on any atom is -0.479 e. The van der Waals surface area contributed by atoms with E-state index in [4.69, 9.17) is 4.42 Å². The summed E-state index contributed by atoms with van der Waals surface area (Å²) < 4.78 is 42.9. The summed E-state index contributed by atoms with van der Waals surface area (Å²) in [5, 5.41) is 11.4. The Morgan fingerprint density at radius 3 is 2.31 bits per heavy atom. The summed E-state index contributed by atoms with van der Waals surface area (Å²) in [5.41, 5.74) is -1.88. The van der Waals surface area contributed by atoms with Gasteiger partial charge in [-0.25, -0.2) is 21.9 Å². The lowest BCUT2D eigenvalue weighted by Gasteiger charge is -2.26. The van der Waals surface area contributed by atoms with Gasteiger partial charge in [-0.05, 0) is 24.6 Å². The summed E-state index contributed by atoms with van der Waals surface area (Å²) in [4.78, 5) is 24.1. The number of amides is 1. The molecule has 2 aromatic rings. The topological polar surface area (TPSA) is 117 Å². The zero-order valence-corrected chi connectivity index (χ0v) is 15.0. The molecule has 1 aromatic heterocycles. The molecule has 0 fully saturated rings. The first kappa shape index (κ1) is 19.6. The number of carbonyl (C=O) groups is 2. The summed E-state index contributed by atoms with van der Waals surface area (Å²) in [6, 6.07) is 5.62. The fourth-order valence-corrected chi connectivity index (χ4v) is 2.89. The molecule has 1 aromatic carbocycles. The predicted octanol–water partition coefficient (Wildman–Crippen LogP) is 1.40. The molecule has 1 amide bonds. The van der Waals surface area contributed by atoms with E-state index in [1.54, 1.807) is 0 Å². The third-order valence-electron chi connectivity index (χ3n) is 3.79. The van der Waals surface area contributed by atoms with E-state index >= 15 is 0 Å². The lowest BCUT2D eigenvalue weighted by Crippen LogP contribution is -2.49. The van der Waals surface area contributed by atoms with Crippen molar-refractivity contribution in [1.82, 2.24) is 9.62 Å².